The quantitative estimate of drug-likeness (QED) is 0.466. The van der Waals surface area contributed by atoms with E-state index in [1.165, 1.54) is 0 Å². The van der Waals surface area contributed by atoms with Crippen LogP contribution in [-0.2, 0) is 26.0 Å². The monoisotopic (exact) mass is 533 g/mol. The van der Waals surface area contributed by atoms with E-state index < -0.39 is 28.5 Å². The number of carbonyl (C=O) groups excluding carboxylic acids is 2. The summed E-state index contributed by atoms with van der Waals surface area (Å²) in [4.78, 5) is 28.6. The third kappa shape index (κ3) is 7.46. The molecule has 1 N–H and O–H groups in total. The number of halogens is 1. The standard InChI is InChI=1S/C27H36ClN3O4S/c1-4-24(27(33)29-23-12-8-9-13-23)30(17-16-21-10-6-5-7-11-21)26(32)19-31(36(3,34)35)25-15-14-22(28)18-20(25)2/h5-7,10-11,14-15,18,23-24H,4,8-9,12-13,16-17,19H2,1-3H3,(H,29,33)/t24-/m0/s1. The molecule has 0 bridgehead atoms. The van der Waals surface area contributed by atoms with E-state index in [2.05, 4.69) is 5.32 Å². The van der Waals surface area contributed by atoms with Crippen molar-refractivity contribution in [2.24, 2.45) is 0 Å². The second-order valence-corrected chi connectivity index (χ2v) is 11.8. The van der Waals surface area contributed by atoms with E-state index in [0.717, 1.165) is 41.8 Å². The number of hydrogen-bond donors (Lipinski definition) is 1. The van der Waals surface area contributed by atoms with Gasteiger partial charge in [-0.25, -0.2) is 8.42 Å². The van der Waals surface area contributed by atoms with Crippen molar-refractivity contribution in [1.82, 2.24) is 10.2 Å². The fourth-order valence-electron chi connectivity index (χ4n) is 4.76. The Morgan fingerprint density at radius 1 is 1.11 bits per heavy atom. The van der Waals surface area contributed by atoms with Crippen molar-refractivity contribution in [3.05, 3.63) is 64.7 Å². The topological polar surface area (TPSA) is 86.8 Å². The summed E-state index contributed by atoms with van der Waals surface area (Å²) in [7, 11) is -3.78. The number of nitrogens with zero attached hydrogens (tertiary/aromatic N) is 2. The summed E-state index contributed by atoms with van der Waals surface area (Å²) in [6.45, 7) is 3.53. The van der Waals surface area contributed by atoms with Crippen LogP contribution in [0.4, 0.5) is 5.69 Å². The van der Waals surface area contributed by atoms with Gasteiger partial charge in [-0.1, -0.05) is 61.7 Å². The zero-order valence-electron chi connectivity index (χ0n) is 21.2. The van der Waals surface area contributed by atoms with Crippen LogP contribution in [0, 0.1) is 6.92 Å². The van der Waals surface area contributed by atoms with Crippen molar-refractivity contribution in [3.8, 4) is 0 Å². The van der Waals surface area contributed by atoms with E-state index in [9.17, 15) is 18.0 Å². The fourth-order valence-corrected chi connectivity index (χ4v) is 5.89. The molecule has 0 unspecified atom stereocenters. The van der Waals surface area contributed by atoms with Gasteiger partial charge in [-0.15, -0.1) is 0 Å². The maximum absolute atomic E-state index is 13.7. The predicted molar refractivity (Wildman–Crippen MR) is 145 cm³/mol. The number of rotatable bonds is 11. The Hall–Kier alpha value is -2.58. The zero-order valence-corrected chi connectivity index (χ0v) is 22.8. The molecule has 36 heavy (non-hydrogen) atoms. The van der Waals surface area contributed by atoms with E-state index >= 15 is 0 Å². The van der Waals surface area contributed by atoms with Crippen LogP contribution in [-0.4, -0.2) is 56.6 Å². The van der Waals surface area contributed by atoms with Crippen LogP contribution in [0.1, 0.15) is 50.2 Å². The van der Waals surface area contributed by atoms with Crippen LogP contribution >= 0.6 is 11.6 Å². The molecule has 1 atom stereocenters. The molecule has 9 heteroatoms. The molecule has 1 aliphatic rings. The van der Waals surface area contributed by atoms with E-state index in [4.69, 9.17) is 11.6 Å². The molecule has 1 aliphatic carbocycles. The van der Waals surface area contributed by atoms with Crippen molar-refractivity contribution < 1.29 is 18.0 Å². The molecule has 1 saturated carbocycles. The van der Waals surface area contributed by atoms with Gasteiger partial charge in [0.05, 0.1) is 11.9 Å². The Bertz CT molecular complexity index is 1150. The number of sulfonamides is 1. The van der Waals surface area contributed by atoms with Crippen LogP contribution in [0.25, 0.3) is 0 Å². The van der Waals surface area contributed by atoms with Gasteiger partial charge in [0.15, 0.2) is 0 Å². The van der Waals surface area contributed by atoms with Gasteiger partial charge in [0.25, 0.3) is 0 Å². The number of carbonyl (C=O) groups is 2. The molecule has 0 saturated heterocycles. The summed E-state index contributed by atoms with van der Waals surface area (Å²) < 4.78 is 26.6. The lowest BCUT2D eigenvalue weighted by Gasteiger charge is -2.33. The van der Waals surface area contributed by atoms with Crippen LogP contribution in [0.5, 0.6) is 0 Å². The molecule has 2 amide bonds. The number of amides is 2. The first-order valence-electron chi connectivity index (χ1n) is 12.5. The highest BCUT2D eigenvalue weighted by Crippen LogP contribution is 2.26. The minimum Gasteiger partial charge on any atom is -0.352 e. The van der Waals surface area contributed by atoms with Crippen molar-refractivity contribution in [2.45, 2.75) is 64.5 Å². The smallest absolute Gasteiger partial charge is 0.244 e. The Labute approximate surface area is 219 Å². The van der Waals surface area contributed by atoms with Crippen LogP contribution in [0.3, 0.4) is 0 Å². The molecule has 3 rings (SSSR count). The molecule has 2 aromatic rings. The average molecular weight is 534 g/mol. The second kappa shape index (κ2) is 12.6. The zero-order chi connectivity index (χ0) is 26.3. The number of anilines is 1. The van der Waals surface area contributed by atoms with Gasteiger partial charge in [-0.05, 0) is 61.9 Å². The lowest BCUT2D eigenvalue weighted by Crippen LogP contribution is -2.54. The highest BCUT2D eigenvalue weighted by Gasteiger charge is 2.33. The van der Waals surface area contributed by atoms with Crippen LogP contribution < -0.4 is 9.62 Å². The Kier molecular flexibility index (Phi) is 9.79. The van der Waals surface area contributed by atoms with Gasteiger partial charge < -0.3 is 10.2 Å². The van der Waals surface area contributed by atoms with Gasteiger partial charge >= 0.3 is 0 Å². The lowest BCUT2D eigenvalue weighted by atomic mass is 10.1. The minimum absolute atomic E-state index is 0.127. The number of hydrogen-bond acceptors (Lipinski definition) is 4. The third-order valence-corrected chi connectivity index (χ3v) is 8.04. The third-order valence-electron chi connectivity index (χ3n) is 6.68. The summed E-state index contributed by atoms with van der Waals surface area (Å²) in [6.07, 6.45) is 6.11. The molecule has 0 heterocycles. The van der Waals surface area contributed by atoms with Crippen molar-refractivity contribution in [1.29, 1.82) is 0 Å². The molecular weight excluding hydrogens is 498 g/mol. The van der Waals surface area contributed by atoms with Crippen molar-refractivity contribution in [3.63, 3.8) is 0 Å². The van der Waals surface area contributed by atoms with E-state index in [1.54, 1.807) is 30.0 Å². The molecular formula is C27H36ClN3O4S. The molecule has 0 radical (unpaired) electrons. The summed E-state index contributed by atoms with van der Waals surface area (Å²) in [5, 5.41) is 3.60. The second-order valence-electron chi connectivity index (χ2n) is 9.44. The van der Waals surface area contributed by atoms with Gasteiger partial charge in [0, 0.05) is 17.6 Å². The highest BCUT2D eigenvalue weighted by molar-refractivity contribution is 7.92. The molecule has 7 nitrogen and oxygen atoms in total. The molecule has 196 valence electrons. The number of benzene rings is 2. The predicted octanol–water partition coefficient (Wildman–Crippen LogP) is 4.32. The van der Waals surface area contributed by atoms with E-state index in [0.29, 0.717) is 35.7 Å². The van der Waals surface area contributed by atoms with Crippen molar-refractivity contribution >= 4 is 39.1 Å². The van der Waals surface area contributed by atoms with Crippen molar-refractivity contribution in [2.75, 3.05) is 23.7 Å². The van der Waals surface area contributed by atoms with Gasteiger partial charge in [0.2, 0.25) is 21.8 Å². The van der Waals surface area contributed by atoms with Gasteiger partial charge in [-0.2, -0.15) is 0 Å². The normalized spacial score (nSPS) is 14.9. The van der Waals surface area contributed by atoms with E-state index in [-0.39, 0.29) is 11.9 Å². The summed E-state index contributed by atoms with van der Waals surface area (Å²) in [5.41, 5.74) is 2.07. The van der Waals surface area contributed by atoms with Gasteiger partial charge in [-0.3, -0.25) is 13.9 Å². The maximum atomic E-state index is 13.7. The largest absolute Gasteiger partial charge is 0.352 e. The highest BCUT2D eigenvalue weighted by atomic mass is 35.5. The molecule has 0 spiro atoms. The van der Waals surface area contributed by atoms with Crippen LogP contribution in [0.15, 0.2) is 48.5 Å². The SMILES string of the molecule is CC[C@@H](C(=O)NC1CCCC1)N(CCc1ccccc1)C(=O)CN(c1ccc(Cl)cc1C)S(C)(=O)=O. The molecule has 1 fully saturated rings. The number of aryl methyl sites for hydroxylation is 1. The summed E-state index contributed by atoms with van der Waals surface area (Å²) in [6, 6.07) is 14.0. The fraction of sp³-hybridized carbons (Fsp3) is 0.481. The lowest BCUT2D eigenvalue weighted by molar-refractivity contribution is -0.139. The number of nitrogens with one attached hydrogen (secondary N) is 1. The minimum atomic E-state index is -3.78. The van der Waals surface area contributed by atoms with Gasteiger partial charge in [0.1, 0.15) is 12.6 Å². The molecule has 0 aliphatic heterocycles. The summed E-state index contributed by atoms with van der Waals surface area (Å²) in [5.74, 6) is -0.599. The first-order valence-corrected chi connectivity index (χ1v) is 14.7. The first-order chi connectivity index (χ1) is 17.1. The Balaban J connectivity index is 1.88. The average Bonchev–Trinajstić information content (AvgIpc) is 3.33. The Morgan fingerprint density at radius 2 is 1.78 bits per heavy atom. The summed E-state index contributed by atoms with van der Waals surface area (Å²) >= 11 is 6.07. The van der Waals surface area contributed by atoms with Crippen LogP contribution in [0.2, 0.25) is 5.02 Å². The molecule has 0 aromatic heterocycles. The first kappa shape index (κ1) is 28.0. The Morgan fingerprint density at radius 3 is 2.36 bits per heavy atom. The van der Waals surface area contributed by atoms with E-state index in [1.807, 2.05) is 37.3 Å². The molecule has 2 aromatic carbocycles. The maximum Gasteiger partial charge on any atom is 0.244 e.